The number of anilines is 3. The molecule has 0 saturated carbocycles. The van der Waals surface area contributed by atoms with Gasteiger partial charge in [-0.15, -0.1) is 0 Å². The summed E-state index contributed by atoms with van der Waals surface area (Å²) in [5, 5.41) is 3.14. The Morgan fingerprint density at radius 3 is 2.72 bits per heavy atom. The Labute approximate surface area is 122 Å². The van der Waals surface area contributed by atoms with Crippen LogP contribution in [-0.4, -0.2) is 12.1 Å². The van der Waals surface area contributed by atoms with E-state index in [1.807, 2.05) is 18.2 Å². The van der Waals surface area contributed by atoms with E-state index >= 15 is 0 Å². The Morgan fingerprint density at radius 2 is 2.06 bits per heavy atom. The number of hydrogen-bond donors (Lipinski definition) is 2. The molecule has 18 heavy (non-hydrogen) atoms. The van der Waals surface area contributed by atoms with Crippen LogP contribution in [0.25, 0.3) is 0 Å². The number of methoxy groups -OCH3 is 1. The van der Waals surface area contributed by atoms with Gasteiger partial charge in [-0.25, -0.2) is 4.98 Å². The van der Waals surface area contributed by atoms with E-state index in [0.29, 0.717) is 11.5 Å². The molecule has 6 heteroatoms. The maximum absolute atomic E-state index is 5.87. The highest BCUT2D eigenvalue weighted by Gasteiger charge is 2.05. The van der Waals surface area contributed by atoms with E-state index in [2.05, 4.69) is 42.2 Å². The second kappa shape index (κ2) is 5.58. The third-order valence-electron chi connectivity index (χ3n) is 2.30. The molecule has 0 amide bonds. The third-order valence-corrected chi connectivity index (χ3v) is 3.39. The fourth-order valence-electron chi connectivity index (χ4n) is 1.43. The molecule has 0 fully saturated rings. The van der Waals surface area contributed by atoms with Gasteiger partial charge in [-0.05, 0) is 50.1 Å². The van der Waals surface area contributed by atoms with E-state index in [0.717, 1.165) is 20.4 Å². The molecule has 0 aliphatic carbocycles. The molecule has 2 aromatic rings. The number of nitrogens with two attached hydrogens (primary N) is 1. The second-order valence-corrected chi connectivity index (χ2v) is 5.34. The first kappa shape index (κ1) is 13.2. The largest absolute Gasteiger partial charge is 0.495 e. The predicted molar refractivity (Wildman–Crippen MR) is 80.3 cm³/mol. The molecule has 1 aromatic heterocycles. The lowest BCUT2D eigenvalue weighted by atomic mass is 10.3. The van der Waals surface area contributed by atoms with Gasteiger partial charge in [-0.3, -0.25) is 0 Å². The van der Waals surface area contributed by atoms with E-state index in [9.17, 15) is 0 Å². The highest BCUT2D eigenvalue weighted by atomic mass is 79.9. The van der Waals surface area contributed by atoms with Gasteiger partial charge in [0.15, 0.2) is 5.82 Å². The summed E-state index contributed by atoms with van der Waals surface area (Å²) in [5.41, 5.74) is 7.31. The van der Waals surface area contributed by atoms with E-state index in [1.54, 1.807) is 19.4 Å². The van der Waals surface area contributed by atoms with Gasteiger partial charge in [0, 0.05) is 22.4 Å². The number of rotatable bonds is 3. The molecule has 94 valence electrons. The summed E-state index contributed by atoms with van der Waals surface area (Å²) < 4.78 is 6.97. The average molecular weight is 373 g/mol. The first-order valence-electron chi connectivity index (χ1n) is 5.11. The van der Waals surface area contributed by atoms with Crippen LogP contribution in [0.15, 0.2) is 39.4 Å². The van der Waals surface area contributed by atoms with Crippen molar-refractivity contribution < 1.29 is 4.74 Å². The molecule has 1 heterocycles. The van der Waals surface area contributed by atoms with Crippen molar-refractivity contribution in [2.24, 2.45) is 0 Å². The molecule has 4 nitrogen and oxygen atoms in total. The molecule has 3 N–H and O–H groups in total. The van der Waals surface area contributed by atoms with Crippen LogP contribution < -0.4 is 15.8 Å². The number of halogens is 2. The quantitative estimate of drug-likeness (QED) is 0.856. The number of ether oxygens (including phenoxy) is 1. The van der Waals surface area contributed by atoms with Gasteiger partial charge in [-0.2, -0.15) is 0 Å². The molecule has 0 bridgehead atoms. The minimum absolute atomic E-state index is 0.575. The van der Waals surface area contributed by atoms with Gasteiger partial charge < -0.3 is 15.8 Å². The molecule has 2 rings (SSSR count). The molecule has 0 unspecified atom stereocenters. The van der Waals surface area contributed by atoms with Crippen LogP contribution in [-0.2, 0) is 0 Å². The van der Waals surface area contributed by atoms with Crippen molar-refractivity contribution in [3.63, 3.8) is 0 Å². The van der Waals surface area contributed by atoms with E-state index < -0.39 is 0 Å². The number of hydrogen-bond acceptors (Lipinski definition) is 4. The molecule has 0 aliphatic heterocycles. The molecule has 0 radical (unpaired) electrons. The van der Waals surface area contributed by atoms with Crippen molar-refractivity contribution in [3.05, 3.63) is 39.4 Å². The lowest BCUT2D eigenvalue weighted by Gasteiger charge is -2.10. The van der Waals surface area contributed by atoms with Crippen molar-refractivity contribution in [2.75, 3.05) is 18.2 Å². The summed E-state index contributed by atoms with van der Waals surface area (Å²) in [6.45, 7) is 0. The van der Waals surface area contributed by atoms with Gasteiger partial charge in [0.2, 0.25) is 0 Å². The van der Waals surface area contributed by atoms with Gasteiger partial charge in [0.1, 0.15) is 5.75 Å². The lowest BCUT2D eigenvalue weighted by molar-refractivity contribution is 0.412. The highest BCUT2D eigenvalue weighted by Crippen LogP contribution is 2.30. The van der Waals surface area contributed by atoms with Crippen LogP contribution in [0.1, 0.15) is 0 Å². The third kappa shape index (κ3) is 2.94. The van der Waals surface area contributed by atoms with Crippen molar-refractivity contribution in [2.45, 2.75) is 0 Å². The minimum atomic E-state index is 0.575. The lowest BCUT2D eigenvalue weighted by Crippen LogP contribution is -1.99. The number of benzene rings is 1. The molecule has 0 aliphatic rings. The van der Waals surface area contributed by atoms with Crippen LogP contribution in [0.4, 0.5) is 17.2 Å². The number of nitrogens with one attached hydrogen (secondary N) is 1. The molecule has 0 saturated heterocycles. The minimum Gasteiger partial charge on any atom is -0.495 e. The maximum atomic E-state index is 5.87. The van der Waals surface area contributed by atoms with E-state index in [-0.39, 0.29) is 0 Å². The van der Waals surface area contributed by atoms with Crippen LogP contribution in [0, 0.1) is 0 Å². The normalized spacial score (nSPS) is 10.2. The predicted octanol–water partition coefficient (Wildman–Crippen LogP) is 3.94. The molecule has 0 atom stereocenters. The van der Waals surface area contributed by atoms with Gasteiger partial charge in [-0.1, -0.05) is 0 Å². The van der Waals surface area contributed by atoms with Crippen molar-refractivity contribution >= 4 is 49.1 Å². The van der Waals surface area contributed by atoms with Gasteiger partial charge in [0.25, 0.3) is 0 Å². The fourth-order valence-corrected chi connectivity index (χ4v) is 2.19. The standard InChI is InChI=1S/C12H11Br2N3O/c1-18-11-5-8(2-3-9(11)14)17-12-10(15)4-7(13)6-16-12/h2-6H,15H2,1H3,(H,16,17). The summed E-state index contributed by atoms with van der Waals surface area (Å²) in [6.07, 6.45) is 1.69. The summed E-state index contributed by atoms with van der Waals surface area (Å²) in [7, 11) is 1.62. The Morgan fingerprint density at radius 1 is 1.28 bits per heavy atom. The van der Waals surface area contributed by atoms with Crippen molar-refractivity contribution in [1.82, 2.24) is 4.98 Å². The van der Waals surface area contributed by atoms with Crippen molar-refractivity contribution in [3.8, 4) is 5.75 Å². The van der Waals surface area contributed by atoms with Crippen LogP contribution in [0.5, 0.6) is 5.75 Å². The Bertz CT molecular complexity index is 575. The topological polar surface area (TPSA) is 60.2 Å². The molecular formula is C12H11Br2N3O. The zero-order chi connectivity index (χ0) is 13.1. The van der Waals surface area contributed by atoms with Crippen LogP contribution in [0.2, 0.25) is 0 Å². The SMILES string of the molecule is COc1cc(Nc2ncc(Br)cc2N)ccc1Br. The summed E-state index contributed by atoms with van der Waals surface area (Å²) >= 11 is 6.72. The van der Waals surface area contributed by atoms with Crippen molar-refractivity contribution in [1.29, 1.82) is 0 Å². The zero-order valence-electron chi connectivity index (χ0n) is 9.58. The monoisotopic (exact) mass is 371 g/mol. The number of pyridine rings is 1. The van der Waals surface area contributed by atoms with Crippen LogP contribution in [0.3, 0.4) is 0 Å². The zero-order valence-corrected chi connectivity index (χ0v) is 12.7. The number of aromatic nitrogens is 1. The number of nitrogen functional groups attached to an aromatic ring is 1. The summed E-state index contributed by atoms with van der Waals surface area (Å²) in [5.74, 6) is 1.36. The van der Waals surface area contributed by atoms with Gasteiger partial charge in [0.05, 0.1) is 17.3 Å². The fraction of sp³-hybridized carbons (Fsp3) is 0.0833. The first-order chi connectivity index (χ1) is 8.60. The van der Waals surface area contributed by atoms with E-state index in [4.69, 9.17) is 10.5 Å². The number of nitrogens with zero attached hydrogens (tertiary/aromatic N) is 1. The Balaban J connectivity index is 2.28. The van der Waals surface area contributed by atoms with Crippen LogP contribution >= 0.6 is 31.9 Å². The smallest absolute Gasteiger partial charge is 0.153 e. The first-order valence-corrected chi connectivity index (χ1v) is 6.70. The average Bonchev–Trinajstić information content (AvgIpc) is 2.35. The molecule has 1 aromatic carbocycles. The second-order valence-electron chi connectivity index (χ2n) is 3.57. The highest BCUT2D eigenvalue weighted by molar-refractivity contribution is 9.10. The van der Waals surface area contributed by atoms with E-state index in [1.165, 1.54) is 0 Å². The van der Waals surface area contributed by atoms with Gasteiger partial charge >= 0.3 is 0 Å². The molecule has 0 spiro atoms. The maximum Gasteiger partial charge on any atom is 0.153 e. The Kier molecular flexibility index (Phi) is 4.08. The summed E-state index contributed by atoms with van der Waals surface area (Å²) in [4.78, 5) is 4.22. The molecular weight excluding hydrogens is 362 g/mol. The Hall–Kier alpha value is -1.27. The summed E-state index contributed by atoms with van der Waals surface area (Å²) in [6, 6.07) is 7.48.